The maximum atomic E-state index is 12.1. The lowest BCUT2D eigenvalue weighted by molar-refractivity contribution is -0.117. The zero-order chi connectivity index (χ0) is 16.4. The fraction of sp³-hybridized carbons (Fsp3) is 0.353. The number of carbonyl (C=O) groups excluding carboxylic acids is 1. The van der Waals surface area contributed by atoms with E-state index in [1.807, 2.05) is 0 Å². The molecule has 1 aromatic heterocycles. The van der Waals surface area contributed by atoms with Crippen molar-refractivity contribution in [2.75, 3.05) is 5.32 Å². The molecule has 1 aliphatic rings. The second-order valence-electron chi connectivity index (χ2n) is 5.99. The third-order valence-corrected chi connectivity index (χ3v) is 4.38. The van der Waals surface area contributed by atoms with Crippen molar-refractivity contribution in [3.8, 4) is 0 Å². The second kappa shape index (κ2) is 6.54. The van der Waals surface area contributed by atoms with Gasteiger partial charge in [-0.05, 0) is 42.9 Å². The van der Waals surface area contributed by atoms with Gasteiger partial charge in [-0.15, -0.1) is 0 Å². The SMILES string of the molecule is CC1CCc2nn(CC(=O)Nc3ccccc3Cl)c(=O)cc2C1. The number of nitrogens with one attached hydrogen (secondary N) is 1. The minimum absolute atomic E-state index is 0.118. The van der Waals surface area contributed by atoms with Crippen LogP contribution in [0.1, 0.15) is 24.6 Å². The normalized spacial score (nSPS) is 16.7. The summed E-state index contributed by atoms with van der Waals surface area (Å²) in [7, 11) is 0. The van der Waals surface area contributed by atoms with Crippen molar-refractivity contribution in [1.82, 2.24) is 9.78 Å². The molecule has 1 aromatic carbocycles. The molecule has 5 nitrogen and oxygen atoms in total. The number of benzene rings is 1. The topological polar surface area (TPSA) is 64.0 Å². The summed E-state index contributed by atoms with van der Waals surface area (Å²) >= 11 is 6.01. The Balaban J connectivity index is 1.77. The van der Waals surface area contributed by atoms with Crippen molar-refractivity contribution in [2.45, 2.75) is 32.7 Å². The lowest BCUT2D eigenvalue weighted by Gasteiger charge is -2.20. The Morgan fingerprint density at radius 1 is 1.43 bits per heavy atom. The van der Waals surface area contributed by atoms with Gasteiger partial charge in [-0.3, -0.25) is 9.59 Å². The van der Waals surface area contributed by atoms with E-state index in [2.05, 4.69) is 17.3 Å². The van der Waals surface area contributed by atoms with Crippen molar-refractivity contribution in [3.63, 3.8) is 0 Å². The van der Waals surface area contributed by atoms with Crippen LogP contribution in [0, 0.1) is 5.92 Å². The molecule has 6 heteroatoms. The van der Waals surface area contributed by atoms with Crippen molar-refractivity contribution >= 4 is 23.2 Å². The molecule has 0 radical (unpaired) electrons. The van der Waals surface area contributed by atoms with Crippen LogP contribution in [0.5, 0.6) is 0 Å². The molecule has 3 rings (SSSR count). The number of rotatable bonds is 3. The highest BCUT2D eigenvalue weighted by Crippen LogP contribution is 2.22. The van der Waals surface area contributed by atoms with Crippen molar-refractivity contribution in [3.05, 3.63) is 57.0 Å². The van der Waals surface area contributed by atoms with E-state index in [1.54, 1.807) is 30.3 Å². The van der Waals surface area contributed by atoms with E-state index in [-0.39, 0.29) is 18.0 Å². The average molecular weight is 332 g/mol. The first-order valence-electron chi connectivity index (χ1n) is 7.67. The summed E-state index contributed by atoms with van der Waals surface area (Å²) in [5, 5.41) is 7.52. The second-order valence-corrected chi connectivity index (χ2v) is 6.40. The Labute approximate surface area is 139 Å². The van der Waals surface area contributed by atoms with Gasteiger partial charge in [0.1, 0.15) is 6.54 Å². The fourth-order valence-electron chi connectivity index (χ4n) is 2.82. The van der Waals surface area contributed by atoms with Crippen molar-refractivity contribution in [1.29, 1.82) is 0 Å². The lowest BCUT2D eigenvalue weighted by atomic mass is 9.88. The van der Waals surface area contributed by atoms with E-state index in [0.717, 1.165) is 30.5 Å². The molecule has 0 aliphatic heterocycles. The number of anilines is 1. The van der Waals surface area contributed by atoms with Gasteiger partial charge < -0.3 is 5.32 Å². The van der Waals surface area contributed by atoms with Gasteiger partial charge in [0.2, 0.25) is 5.91 Å². The highest BCUT2D eigenvalue weighted by molar-refractivity contribution is 6.33. The zero-order valence-electron chi connectivity index (χ0n) is 12.9. The zero-order valence-corrected chi connectivity index (χ0v) is 13.6. The number of hydrogen-bond donors (Lipinski definition) is 1. The van der Waals surface area contributed by atoms with E-state index in [0.29, 0.717) is 16.6 Å². The van der Waals surface area contributed by atoms with Crippen LogP contribution in [0.25, 0.3) is 0 Å². The summed E-state index contributed by atoms with van der Waals surface area (Å²) in [6, 6.07) is 8.59. The maximum absolute atomic E-state index is 12.1. The standard InChI is InChI=1S/C17H18ClN3O2/c1-11-6-7-14-12(8-11)9-17(23)21(20-14)10-16(22)19-15-5-3-2-4-13(15)18/h2-5,9,11H,6-8,10H2,1H3,(H,19,22). The van der Waals surface area contributed by atoms with Crippen LogP contribution >= 0.6 is 11.6 Å². The quantitative estimate of drug-likeness (QED) is 0.940. The third kappa shape index (κ3) is 3.62. The maximum Gasteiger partial charge on any atom is 0.267 e. The number of aryl methyl sites for hydroxylation is 1. The molecule has 0 bridgehead atoms. The van der Waals surface area contributed by atoms with Crippen LogP contribution in [-0.2, 0) is 24.2 Å². The van der Waals surface area contributed by atoms with Gasteiger partial charge in [0, 0.05) is 6.07 Å². The number of hydrogen-bond acceptors (Lipinski definition) is 3. The molecule has 1 unspecified atom stereocenters. The molecule has 1 amide bonds. The first-order chi connectivity index (χ1) is 11.0. The predicted molar refractivity (Wildman–Crippen MR) is 89.8 cm³/mol. The minimum atomic E-state index is -0.322. The predicted octanol–water partition coefficient (Wildman–Crippen LogP) is 2.66. The summed E-state index contributed by atoms with van der Waals surface area (Å²) in [6.07, 6.45) is 2.79. The first kappa shape index (κ1) is 15.7. The summed E-state index contributed by atoms with van der Waals surface area (Å²) in [5.41, 5.74) is 2.22. The van der Waals surface area contributed by atoms with Gasteiger partial charge in [0.05, 0.1) is 16.4 Å². The molecule has 120 valence electrons. The largest absolute Gasteiger partial charge is 0.323 e. The fourth-order valence-corrected chi connectivity index (χ4v) is 3.00. The van der Waals surface area contributed by atoms with E-state index >= 15 is 0 Å². The molecule has 0 saturated carbocycles. The number of nitrogens with zero attached hydrogens (tertiary/aromatic N) is 2. The molecule has 1 aliphatic carbocycles. The Kier molecular flexibility index (Phi) is 4.48. The molecule has 1 N–H and O–H groups in total. The van der Waals surface area contributed by atoms with Gasteiger partial charge >= 0.3 is 0 Å². The van der Waals surface area contributed by atoms with Crippen molar-refractivity contribution in [2.24, 2.45) is 5.92 Å². The van der Waals surface area contributed by atoms with E-state index < -0.39 is 0 Å². The first-order valence-corrected chi connectivity index (χ1v) is 8.05. The molecular formula is C17H18ClN3O2. The molecule has 0 saturated heterocycles. The van der Waals surface area contributed by atoms with Crippen LogP contribution in [0.3, 0.4) is 0 Å². The molecule has 0 spiro atoms. The lowest BCUT2D eigenvalue weighted by Crippen LogP contribution is -2.32. The van der Waals surface area contributed by atoms with E-state index in [4.69, 9.17) is 11.6 Å². The number of halogens is 1. The minimum Gasteiger partial charge on any atom is -0.323 e. The summed E-state index contributed by atoms with van der Waals surface area (Å²) in [4.78, 5) is 24.3. The highest BCUT2D eigenvalue weighted by Gasteiger charge is 2.19. The van der Waals surface area contributed by atoms with Crippen LogP contribution in [0.15, 0.2) is 35.1 Å². The number of para-hydroxylation sites is 1. The molecule has 23 heavy (non-hydrogen) atoms. The summed E-state index contributed by atoms with van der Waals surface area (Å²) in [6.45, 7) is 2.05. The molecule has 2 aromatic rings. The van der Waals surface area contributed by atoms with E-state index in [1.165, 1.54) is 4.68 Å². The highest BCUT2D eigenvalue weighted by atomic mass is 35.5. The number of aromatic nitrogens is 2. The molecule has 0 fully saturated rings. The Hall–Kier alpha value is -2.14. The van der Waals surface area contributed by atoms with E-state index in [9.17, 15) is 9.59 Å². The molecule has 1 heterocycles. The van der Waals surface area contributed by atoms with Gasteiger partial charge in [-0.25, -0.2) is 4.68 Å². The van der Waals surface area contributed by atoms with Gasteiger partial charge in [0.25, 0.3) is 5.56 Å². The number of carbonyl (C=O) groups is 1. The van der Waals surface area contributed by atoms with Gasteiger partial charge in [0.15, 0.2) is 0 Å². The summed E-state index contributed by atoms with van der Waals surface area (Å²) < 4.78 is 1.22. The van der Waals surface area contributed by atoms with Crippen LogP contribution in [0.2, 0.25) is 5.02 Å². The monoisotopic (exact) mass is 331 g/mol. The smallest absolute Gasteiger partial charge is 0.267 e. The van der Waals surface area contributed by atoms with Crippen LogP contribution in [-0.4, -0.2) is 15.7 Å². The van der Waals surface area contributed by atoms with Crippen molar-refractivity contribution < 1.29 is 4.79 Å². The van der Waals surface area contributed by atoms with Crippen LogP contribution in [0.4, 0.5) is 5.69 Å². The average Bonchev–Trinajstić information content (AvgIpc) is 2.50. The molecule has 1 atom stereocenters. The Bertz CT molecular complexity index is 801. The third-order valence-electron chi connectivity index (χ3n) is 4.05. The Morgan fingerprint density at radius 2 is 2.22 bits per heavy atom. The van der Waals surface area contributed by atoms with Gasteiger partial charge in [-0.2, -0.15) is 5.10 Å². The van der Waals surface area contributed by atoms with Gasteiger partial charge in [-0.1, -0.05) is 30.7 Å². The Morgan fingerprint density at radius 3 is 3.00 bits per heavy atom. The number of amides is 1. The number of fused-ring (bicyclic) bond motifs is 1. The van der Waals surface area contributed by atoms with Crippen LogP contribution < -0.4 is 10.9 Å². The summed E-state index contributed by atoms with van der Waals surface area (Å²) in [5.74, 6) is 0.250. The molecular weight excluding hydrogens is 314 g/mol.